The number of carbonyl (C=O) groups excluding carboxylic acids is 2. The summed E-state index contributed by atoms with van der Waals surface area (Å²) in [7, 11) is 0. The van der Waals surface area contributed by atoms with E-state index in [2.05, 4.69) is 36.5 Å². The fourth-order valence-electron chi connectivity index (χ4n) is 1.95. The molecule has 1 fully saturated rings. The van der Waals surface area contributed by atoms with Gasteiger partial charge in [-0.2, -0.15) is 0 Å². The summed E-state index contributed by atoms with van der Waals surface area (Å²) < 4.78 is 0. The molecule has 0 spiro atoms. The molecule has 3 nitrogen and oxygen atoms in total. The van der Waals surface area contributed by atoms with Crippen LogP contribution in [-0.2, 0) is 4.79 Å². The van der Waals surface area contributed by atoms with Crippen LogP contribution in [0.3, 0.4) is 0 Å². The Morgan fingerprint density at radius 1 is 0.955 bits per heavy atom. The number of hydrogen-bond acceptors (Lipinski definition) is 4. The lowest BCUT2D eigenvalue weighted by molar-refractivity contribution is -0.115. The molecule has 0 atom stereocenters. The van der Waals surface area contributed by atoms with E-state index in [0.717, 1.165) is 22.2 Å². The van der Waals surface area contributed by atoms with Crippen molar-refractivity contribution in [2.75, 3.05) is 0 Å². The van der Waals surface area contributed by atoms with Gasteiger partial charge in [-0.05, 0) is 54.6 Å². The molecule has 110 valence electrons. The number of hydrogen-bond donors (Lipinski definition) is 1. The van der Waals surface area contributed by atoms with E-state index in [1.165, 1.54) is 10.5 Å². The zero-order valence-corrected chi connectivity index (χ0v) is 13.5. The second-order valence-electron chi connectivity index (χ2n) is 4.84. The summed E-state index contributed by atoms with van der Waals surface area (Å²) in [6.45, 7) is 2.07. The van der Waals surface area contributed by atoms with E-state index in [4.69, 9.17) is 0 Å². The zero-order valence-electron chi connectivity index (χ0n) is 11.8. The molecule has 0 aliphatic carbocycles. The molecule has 1 saturated heterocycles. The second-order valence-corrected chi connectivity index (χ2v) is 7.00. The summed E-state index contributed by atoms with van der Waals surface area (Å²) in [5, 5.41) is 1.93. The summed E-state index contributed by atoms with van der Waals surface area (Å²) in [5.41, 5.74) is 2.15. The monoisotopic (exact) mass is 327 g/mol. The van der Waals surface area contributed by atoms with Crippen LogP contribution in [0.5, 0.6) is 0 Å². The van der Waals surface area contributed by atoms with Crippen molar-refractivity contribution in [3.8, 4) is 0 Å². The Bertz CT molecular complexity index is 749. The van der Waals surface area contributed by atoms with Crippen molar-refractivity contribution in [3.05, 3.63) is 64.6 Å². The van der Waals surface area contributed by atoms with E-state index in [-0.39, 0.29) is 11.1 Å². The Hall–Kier alpha value is -1.98. The van der Waals surface area contributed by atoms with Gasteiger partial charge in [-0.3, -0.25) is 14.9 Å². The first-order valence-corrected chi connectivity index (χ1v) is 8.33. The maximum atomic E-state index is 11.5. The molecule has 0 saturated carbocycles. The van der Waals surface area contributed by atoms with Crippen molar-refractivity contribution in [2.45, 2.75) is 16.7 Å². The van der Waals surface area contributed by atoms with Crippen molar-refractivity contribution in [2.24, 2.45) is 0 Å². The van der Waals surface area contributed by atoms with Crippen LogP contribution in [-0.4, -0.2) is 11.1 Å². The van der Waals surface area contributed by atoms with Gasteiger partial charge in [0.05, 0.1) is 4.91 Å². The Morgan fingerprint density at radius 3 is 2.09 bits per heavy atom. The minimum atomic E-state index is -0.326. The maximum Gasteiger partial charge on any atom is 0.290 e. The topological polar surface area (TPSA) is 46.2 Å². The molecule has 0 radical (unpaired) electrons. The van der Waals surface area contributed by atoms with Crippen LogP contribution in [0.15, 0.2) is 63.2 Å². The third-order valence-corrected chi connectivity index (χ3v) is 4.90. The summed E-state index contributed by atoms with van der Waals surface area (Å²) in [4.78, 5) is 25.4. The molecular formula is C17H13NO2S2. The van der Waals surface area contributed by atoms with Gasteiger partial charge in [0.25, 0.3) is 11.1 Å². The number of amides is 2. The van der Waals surface area contributed by atoms with Crippen molar-refractivity contribution in [1.82, 2.24) is 5.32 Å². The van der Waals surface area contributed by atoms with E-state index in [9.17, 15) is 9.59 Å². The van der Waals surface area contributed by atoms with E-state index >= 15 is 0 Å². The minimum absolute atomic E-state index is 0.317. The molecule has 2 aromatic rings. The van der Waals surface area contributed by atoms with Crippen LogP contribution in [0.1, 0.15) is 11.1 Å². The quantitative estimate of drug-likeness (QED) is 0.845. The Morgan fingerprint density at radius 2 is 1.55 bits per heavy atom. The van der Waals surface area contributed by atoms with Crippen LogP contribution in [0.4, 0.5) is 4.79 Å². The molecule has 2 aromatic carbocycles. The molecule has 0 bridgehead atoms. The van der Waals surface area contributed by atoms with Gasteiger partial charge in [-0.15, -0.1) is 0 Å². The highest BCUT2D eigenvalue weighted by atomic mass is 32.2. The molecular weight excluding hydrogens is 314 g/mol. The Kier molecular flexibility index (Phi) is 4.36. The average molecular weight is 327 g/mol. The summed E-state index contributed by atoms with van der Waals surface area (Å²) in [6.07, 6.45) is 1.73. The number of nitrogens with one attached hydrogen (secondary N) is 1. The van der Waals surface area contributed by atoms with E-state index in [0.29, 0.717) is 4.91 Å². The van der Waals surface area contributed by atoms with Crippen molar-refractivity contribution in [1.29, 1.82) is 0 Å². The highest BCUT2D eigenvalue weighted by Gasteiger charge is 2.24. The number of carbonyl (C=O) groups is 2. The van der Waals surface area contributed by atoms with Crippen LogP contribution >= 0.6 is 23.5 Å². The van der Waals surface area contributed by atoms with E-state index in [1.807, 2.05) is 24.3 Å². The van der Waals surface area contributed by atoms with Gasteiger partial charge < -0.3 is 0 Å². The van der Waals surface area contributed by atoms with E-state index < -0.39 is 0 Å². The third kappa shape index (κ3) is 3.61. The van der Waals surface area contributed by atoms with Gasteiger partial charge in [0.15, 0.2) is 0 Å². The van der Waals surface area contributed by atoms with Crippen molar-refractivity contribution in [3.63, 3.8) is 0 Å². The number of thioether (sulfide) groups is 1. The number of imide groups is 1. The van der Waals surface area contributed by atoms with Crippen molar-refractivity contribution < 1.29 is 9.59 Å². The van der Waals surface area contributed by atoms with Gasteiger partial charge in [0, 0.05) is 9.79 Å². The minimum Gasteiger partial charge on any atom is -0.282 e. The van der Waals surface area contributed by atoms with Crippen LogP contribution in [0.25, 0.3) is 6.08 Å². The predicted octanol–water partition coefficient (Wildman–Crippen LogP) is 4.47. The first-order valence-electron chi connectivity index (χ1n) is 6.69. The first-order chi connectivity index (χ1) is 10.6. The highest BCUT2D eigenvalue weighted by molar-refractivity contribution is 8.18. The average Bonchev–Trinajstić information content (AvgIpc) is 2.81. The van der Waals surface area contributed by atoms with Crippen LogP contribution in [0, 0.1) is 6.92 Å². The van der Waals surface area contributed by atoms with Gasteiger partial charge in [-0.25, -0.2) is 0 Å². The van der Waals surface area contributed by atoms with Gasteiger partial charge >= 0.3 is 0 Å². The zero-order chi connectivity index (χ0) is 15.5. The van der Waals surface area contributed by atoms with Gasteiger partial charge in [0.2, 0.25) is 0 Å². The maximum absolute atomic E-state index is 11.5. The molecule has 1 N–H and O–H groups in total. The van der Waals surface area contributed by atoms with Crippen LogP contribution in [0.2, 0.25) is 0 Å². The summed E-state index contributed by atoms with van der Waals surface area (Å²) in [5.74, 6) is -0.326. The number of aryl methyl sites for hydroxylation is 1. The van der Waals surface area contributed by atoms with Gasteiger partial charge in [0.1, 0.15) is 0 Å². The van der Waals surface area contributed by atoms with Crippen molar-refractivity contribution >= 4 is 40.7 Å². The normalized spacial score (nSPS) is 16.1. The fraction of sp³-hybridized carbons (Fsp3) is 0.0588. The molecule has 1 aliphatic rings. The number of benzene rings is 2. The predicted molar refractivity (Wildman–Crippen MR) is 90.9 cm³/mol. The smallest absolute Gasteiger partial charge is 0.282 e. The lowest BCUT2D eigenvalue weighted by Gasteiger charge is -2.03. The fourth-order valence-corrected chi connectivity index (χ4v) is 3.45. The number of rotatable bonds is 3. The first kappa shape index (κ1) is 14.9. The summed E-state index contributed by atoms with van der Waals surface area (Å²) in [6, 6.07) is 16.3. The Labute approximate surface area is 137 Å². The standard InChI is InChI=1S/C17H13NO2S2/c1-11-2-6-13(7-3-11)21-14-8-4-12(5-9-14)10-15-16(19)18-17(20)22-15/h2-10H,1H3,(H,18,19,20)/b15-10+. The molecule has 1 aliphatic heterocycles. The molecule has 2 amide bonds. The molecule has 0 unspecified atom stereocenters. The third-order valence-electron chi connectivity index (χ3n) is 3.08. The molecule has 5 heteroatoms. The molecule has 22 heavy (non-hydrogen) atoms. The van der Waals surface area contributed by atoms with E-state index in [1.54, 1.807) is 17.8 Å². The SMILES string of the molecule is Cc1ccc(Sc2ccc(/C=C3/SC(=O)NC3=O)cc2)cc1. The molecule has 0 aromatic heterocycles. The molecule has 3 rings (SSSR count). The van der Waals surface area contributed by atoms with Gasteiger partial charge in [-0.1, -0.05) is 41.6 Å². The Balaban J connectivity index is 1.73. The van der Waals surface area contributed by atoms with Crippen LogP contribution < -0.4 is 5.32 Å². The molecule has 1 heterocycles. The largest absolute Gasteiger partial charge is 0.290 e. The lowest BCUT2D eigenvalue weighted by Crippen LogP contribution is -2.17. The highest BCUT2D eigenvalue weighted by Crippen LogP contribution is 2.29. The lowest BCUT2D eigenvalue weighted by atomic mass is 10.2. The second kappa shape index (κ2) is 6.42. The summed E-state index contributed by atoms with van der Waals surface area (Å²) >= 11 is 2.62.